The number of aryl methyl sites for hydroxylation is 2. The van der Waals surface area contributed by atoms with Gasteiger partial charge in [0.2, 0.25) is 0 Å². The number of rotatable bonds is 8. The van der Waals surface area contributed by atoms with Crippen LogP contribution in [0.4, 0.5) is 30.7 Å². The lowest BCUT2D eigenvalue weighted by Crippen LogP contribution is -2.25. The largest absolute Gasteiger partial charge is 0.433 e. The van der Waals surface area contributed by atoms with Crippen LogP contribution in [-0.2, 0) is 12.8 Å². The zero-order valence-corrected chi connectivity index (χ0v) is 19.2. The summed E-state index contributed by atoms with van der Waals surface area (Å²) in [5, 5.41) is -0.386. The number of halogens is 7. The summed E-state index contributed by atoms with van der Waals surface area (Å²) in [7, 11) is 0. The minimum absolute atomic E-state index is 0.0802. The van der Waals surface area contributed by atoms with Crippen molar-refractivity contribution in [2.75, 3.05) is 0 Å². The number of ether oxygens (including phenoxy) is 1. The molecule has 8 heteroatoms. The average molecular weight is 506 g/mol. The maximum atomic E-state index is 14.5. The third kappa shape index (κ3) is 5.32. The van der Waals surface area contributed by atoms with Crippen LogP contribution in [0.25, 0.3) is 21.9 Å². The third-order valence-corrected chi connectivity index (χ3v) is 5.86. The van der Waals surface area contributed by atoms with Gasteiger partial charge in [0.15, 0.2) is 29.1 Å². The summed E-state index contributed by atoms with van der Waals surface area (Å²) in [4.78, 5) is 0. The average Bonchev–Trinajstić information content (AvgIpc) is 2.85. The van der Waals surface area contributed by atoms with Crippen LogP contribution in [0.5, 0.6) is 5.75 Å². The topological polar surface area (TPSA) is 9.23 Å². The predicted octanol–water partition coefficient (Wildman–Crippen LogP) is 8.76. The van der Waals surface area contributed by atoms with Crippen molar-refractivity contribution in [1.82, 2.24) is 0 Å². The molecule has 1 nitrogen and oxygen atoms in total. The first-order chi connectivity index (χ1) is 17.1. The van der Waals surface area contributed by atoms with Gasteiger partial charge in [-0.05, 0) is 59.2 Å². The van der Waals surface area contributed by atoms with Crippen LogP contribution in [0.3, 0.4) is 0 Å². The maximum Gasteiger partial charge on any atom is 0.398 e. The van der Waals surface area contributed by atoms with Crippen molar-refractivity contribution in [2.24, 2.45) is 0 Å². The summed E-state index contributed by atoms with van der Waals surface area (Å²) in [6, 6.07) is 13.0. The molecule has 4 rings (SSSR count). The monoisotopic (exact) mass is 506 g/mol. The van der Waals surface area contributed by atoms with Crippen LogP contribution >= 0.6 is 0 Å². The van der Waals surface area contributed by atoms with E-state index in [0.717, 1.165) is 18.2 Å². The van der Waals surface area contributed by atoms with E-state index in [1.54, 1.807) is 12.1 Å². The highest BCUT2D eigenvalue weighted by Crippen LogP contribution is 2.32. The molecule has 0 unspecified atom stereocenters. The highest BCUT2D eigenvalue weighted by atomic mass is 19.3. The second kappa shape index (κ2) is 10.2. The number of hydrogen-bond donors (Lipinski definition) is 0. The molecule has 0 N–H and O–H groups in total. The molecule has 0 heterocycles. The number of fused-ring (bicyclic) bond motifs is 1. The second-order valence-corrected chi connectivity index (χ2v) is 8.46. The van der Waals surface area contributed by atoms with E-state index in [2.05, 4.69) is 0 Å². The van der Waals surface area contributed by atoms with E-state index < -0.39 is 41.6 Å². The molecule has 0 amide bonds. The van der Waals surface area contributed by atoms with Crippen LogP contribution < -0.4 is 4.74 Å². The van der Waals surface area contributed by atoms with E-state index in [9.17, 15) is 30.7 Å². The van der Waals surface area contributed by atoms with E-state index >= 15 is 0 Å². The lowest BCUT2D eigenvalue weighted by atomic mass is 9.99. The van der Waals surface area contributed by atoms with Gasteiger partial charge in [0.05, 0.1) is 6.42 Å². The van der Waals surface area contributed by atoms with Gasteiger partial charge >= 0.3 is 6.11 Å². The molecule has 4 aromatic carbocycles. The molecule has 0 fully saturated rings. The maximum absolute atomic E-state index is 14.5. The lowest BCUT2D eigenvalue weighted by molar-refractivity contribution is -0.180. The van der Waals surface area contributed by atoms with Crippen molar-refractivity contribution in [1.29, 1.82) is 0 Å². The van der Waals surface area contributed by atoms with Crippen LogP contribution in [0, 0.1) is 29.1 Å². The van der Waals surface area contributed by atoms with Crippen LogP contribution in [-0.4, -0.2) is 6.11 Å². The summed E-state index contributed by atoms with van der Waals surface area (Å²) in [6.45, 7) is 1.87. The number of benzene rings is 4. The highest BCUT2D eigenvalue weighted by molar-refractivity contribution is 5.84. The van der Waals surface area contributed by atoms with Crippen LogP contribution in [0.15, 0.2) is 60.7 Å². The fourth-order valence-corrected chi connectivity index (χ4v) is 3.99. The molecule has 0 saturated carbocycles. The van der Waals surface area contributed by atoms with E-state index in [-0.39, 0.29) is 28.5 Å². The van der Waals surface area contributed by atoms with Crippen LogP contribution in [0.1, 0.15) is 30.9 Å². The van der Waals surface area contributed by atoms with Crippen molar-refractivity contribution in [2.45, 2.75) is 38.7 Å². The molecule has 0 aliphatic rings. The number of hydrogen-bond acceptors (Lipinski definition) is 1. The van der Waals surface area contributed by atoms with E-state index in [4.69, 9.17) is 4.74 Å². The lowest BCUT2D eigenvalue weighted by Gasteiger charge is -2.18. The molecule has 36 heavy (non-hydrogen) atoms. The summed E-state index contributed by atoms with van der Waals surface area (Å²) < 4.78 is 103. The molecule has 0 bridgehead atoms. The van der Waals surface area contributed by atoms with Gasteiger partial charge in [0.1, 0.15) is 5.75 Å². The van der Waals surface area contributed by atoms with Gasteiger partial charge in [-0.1, -0.05) is 49.7 Å². The van der Waals surface area contributed by atoms with E-state index in [0.29, 0.717) is 35.6 Å². The van der Waals surface area contributed by atoms with Gasteiger partial charge in [-0.3, -0.25) is 0 Å². The molecule has 0 aromatic heterocycles. The second-order valence-electron chi connectivity index (χ2n) is 8.46. The molecule has 0 atom stereocenters. The Balaban J connectivity index is 1.44. The SMILES string of the molecule is CCCc1ccc(-c2ccc(CCC(F)(F)Oc3ccc4c(F)c(F)c(F)cc4c3)cc2)c(F)c1F. The fraction of sp³-hybridized carbons (Fsp3) is 0.214. The smallest absolute Gasteiger partial charge is 0.398 e. The summed E-state index contributed by atoms with van der Waals surface area (Å²) in [5.41, 5.74) is 1.31. The number of alkyl halides is 2. The van der Waals surface area contributed by atoms with Crippen molar-refractivity contribution >= 4 is 10.8 Å². The van der Waals surface area contributed by atoms with Gasteiger partial charge in [0, 0.05) is 10.9 Å². The van der Waals surface area contributed by atoms with Gasteiger partial charge in [0.25, 0.3) is 0 Å². The Morgan fingerprint density at radius 1 is 0.722 bits per heavy atom. The molecule has 0 aliphatic heterocycles. The molecular formula is C28H21F7O. The minimum Gasteiger partial charge on any atom is -0.433 e. The van der Waals surface area contributed by atoms with Crippen LogP contribution in [0.2, 0.25) is 0 Å². The highest BCUT2D eigenvalue weighted by Gasteiger charge is 2.31. The molecule has 0 radical (unpaired) electrons. The quantitative estimate of drug-likeness (QED) is 0.171. The molecular weight excluding hydrogens is 485 g/mol. The Morgan fingerprint density at radius 3 is 2.14 bits per heavy atom. The van der Waals surface area contributed by atoms with E-state index in [1.807, 2.05) is 6.92 Å². The third-order valence-electron chi connectivity index (χ3n) is 5.86. The Hall–Kier alpha value is -3.55. The first kappa shape index (κ1) is 25.5. The first-order valence-corrected chi connectivity index (χ1v) is 11.3. The van der Waals surface area contributed by atoms with Gasteiger partial charge in [-0.25, -0.2) is 22.0 Å². The molecule has 0 saturated heterocycles. The Kier molecular flexibility index (Phi) is 7.24. The molecule has 0 spiro atoms. The minimum atomic E-state index is -3.62. The zero-order chi connectivity index (χ0) is 26.0. The normalized spacial score (nSPS) is 11.8. The van der Waals surface area contributed by atoms with Gasteiger partial charge in [-0.15, -0.1) is 0 Å². The van der Waals surface area contributed by atoms with Crippen molar-refractivity contribution in [3.8, 4) is 16.9 Å². The van der Waals surface area contributed by atoms with Crippen molar-refractivity contribution in [3.63, 3.8) is 0 Å². The standard InChI is InChI=1S/C28H21F7O/c1-2-3-18-8-10-21(25(31)24(18)30)17-6-4-16(5-7-17)12-13-28(34,35)36-20-9-11-22-19(14-20)15-23(29)27(33)26(22)32/h4-11,14-15H,2-3,12-13H2,1H3. The molecule has 0 aliphatic carbocycles. The Bertz CT molecular complexity index is 1400. The van der Waals surface area contributed by atoms with Crippen molar-refractivity contribution < 1.29 is 35.5 Å². The van der Waals surface area contributed by atoms with E-state index in [1.165, 1.54) is 24.3 Å². The van der Waals surface area contributed by atoms with Crippen molar-refractivity contribution in [3.05, 3.63) is 101 Å². The van der Waals surface area contributed by atoms with Gasteiger partial charge < -0.3 is 4.74 Å². The molecule has 188 valence electrons. The summed E-state index contributed by atoms with van der Waals surface area (Å²) in [6.07, 6.45) is -3.33. The predicted molar refractivity (Wildman–Crippen MR) is 124 cm³/mol. The summed E-state index contributed by atoms with van der Waals surface area (Å²) in [5.74, 6) is -6.67. The first-order valence-electron chi connectivity index (χ1n) is 11.3. The molecule has 4 aromatic rings. The van der Waals surface area contributed by atoms with Gasteiger partial charge in [-0.2, -0.15) is 8.78 Å². The summed E-state index contributed by atoms with van der Waals surface area (Å²) >= 11 is 0. The zero-order valence-electron chi connectivity index (χ0n) is 19.2. The Labute approximate surface area is 203 Å². The Morgan fingerprint density at radius 2 is 1.44 bits per heavy atom. The fourth-order valence-electron chi connectivity index (χ4n) is 3.99.